The molecule has 6 heteroatoms. The Morgan fingerprint density at radius 1 is 1.29 bits per heavy atom. The van der Waals surface area contributed by atoms with Crippen LogP contribution in [0.2, 0.25) is 10.3 Å². The summed E-state index contributed by atoms with van der Waals surface area (Å²) in [7, 11) is 0. The Bertz CT molecular complexity index is 540. The van der Waals surface area contributed by atoms with Gasteiger partial charge in [0.05, 0.1) is 10.7 Å². The number of hydrogen-bond acceptors (Lipinski definition) is 2. The van der Waals surface area contributed by atoms with E-state index in [1.54, 1.807) is 4.57 Å². The van der Waals surface area contributed by atoms with E-state index >= 15 is 0 Å². The lowest BCUT2D eigenvalue weighted by Crippen LogP contribution is -2.02. The van der Waals surface area contributed by atoms with E-state index < -0.39 is 0 Å². The van der Waals surface area contributed by atoms with Crippen molar-refractivity contribution in [3.8, 4) is 5.69 Å². The first-order valence-corrected chi connectivity index (χ1v) is 6.73. The van der Waals surface area contributed by atoms with Crippen molar-refractivity contribution < 1.29 is 0 Å². The van der Waals surface area contributed by atoms with Crippen LogP contribution in [0.3, 0.4) is 0 Å². The molecule has 0 saturated heterocycles. The van der Waals surface area contributed by atoms with Crippen LogP contribution in [0.4, 0.5) is 0 Å². The summed E-state index contributed by atoms with van der Waals surface area (Å²) >= 11 is 15.6. The van der Waals surface area contributed by atoms with Crippen molar-refractivity contribution in [1.82, 2.24) is 14.8 Å². The number of halogens is 3. The van der Waals surface area contributed by atoms with Crippen LogP contribution in [-0.4, -0.2) is 14.8 Å². The zero-order chi connectivity index (χ0) is 12.4. The Labute approximate surface area is 118 Å². The lowest BCUT2D eigenvalue weighted by Gasteiger charge is -2.09. The van der Waals surface area contributed by atoms with Crippen molar-refractivity contribution in [2.45, 2.75) is 19.8 Å². The minimum absolute atomic E-state index is 0.327. The van der Waals surface area contributed by atoms with E-state index in [1.165, 1.54) is 0 Å². The van der Waals surface area contributed by atoms with E-state index in [9.17, 15) is 0 Å². The van der Waals surface area contributed by atoms with Gasteiger partial charge < -0.3 is 0 Å². The van der Waals surface area contributed by atoms with E-state index in [0.29, 0.717) is 10.3 Å². The van der Waals surface area contributed by atoms with Crippen molar-refractivity contribution in [2.75, 3.05) is 0 Å². The number of aryl methyl sites for hydroxylation is 1. The van der Waals surface area contributed by atoms with Gasteiger partial charge in [-0.1, -0.05) is 34.5 Å². The fraction of sp³-hybridized carbons (Fsp3) is 0.273. The number of rotatable bonds is 3. The van der Waals surface area contributed by atoms with Crippen LogP contribution >= 0.6 is 39.1 Å². The van der Waals surface area contributed by atoms with E-state index in [4.69, 9.17) is 23.2 Å². The minimum atomic E-state index is 0.327. The molecule has 0 N–H and O–H groups in total. The summed E-state index contributed by atoms with van der Waals surface area (Å²) < 4.78 is 2.71. The predicted octanol–water partition coefficient (Wildman–Crippen LogP) is 4.29. The third kappa shape index (κ3) is 2.64. The smallest absolute Gasteiger partial charge is 0.229 e. The first kappa shape index (κ1) is 12.9. The van der Waals surface area contributed by atoms with Crippen LogP contribution in [-0.2, 0) is 6.42 Å². The minimum Gasteiger partial charge on any atom is -0.268 e. The lowest BCUT2D eigenvalue weighted by atomic mass is 10.3. The standard InChI is InChI=1S/C11H10BrCl2N3/c1-2-3-10-15-16-11(14)17(10)9-6-7(12)4-5-8(9)13/h4-6H,2-3H2,1H3. The molecule has 0 aliphatic heterocycles. The molecular weight excluding hydrogens is 325 g/mol. The van der Waals surface area contributed by atoms with Gasteiger partial charge in [0.1, 0.15) is 5.82 Å². The maximum atomic E-state index is 6.18. The van der Waals surface area contributed by atoms with Crippen LogP contribution in [0, 0.1) is 0 Å². The van der Waals surface area contributed by atoms with E-state index in [2.05, 4.69) is 33.1 Å². The molecule has 0 radical (unpaired) electrons. The second kappa shape index (κ2) is 5.38. The molecule has 0 fully saturated rings. The first-order chi connectivity index (χ1) is 8.13. The summed E-state index contributed by atoms with van der Waals surface area (Å²) in [5.41, 5.74) is 0.791. The molecule has 1 aromatic heterocycles. The van der Waals surface area contributed by atoms with Gasteiger partial charge in [0, 0.05) is 10.9 Å². The maximum absolute atomic E-state index is 6.18. The highest BCUT2D eigenvalue weighted by Gasteiger charge is 2.14. The zero-order valence-corrected chi connectivity index (χ0v) is 12.2. The highest BCUT2D eigenvalue weighted by molar-refractivity contribution is 9.10. The van der Waals surface area contributed by atoms with E-state index in [-0.39, 0.29) is 0 Å². The molecule has 0 aliphatic carbocycles. The van der Waals surface area contributed by atoms with Crippen LogP contribution in [0.1, 0.15) is 19.2 Å². The van der Waals surface area contributed by atoms with E-state index in [1.807, 2.05) is 18.2 Å². The molecule has 0 bridgehead atoms. The number of aromatic nitrogens is 3. The molecule has 0 spiro atoms. The van der Waals surface area contributed by atoms with Crippen LogP contribution in [0.5, 0.6) is 0 Å². The second-order valence-electron chi connectivity index (χ2n) is 3.57. The molecule has 0 aliphatic rings. The van der Waals surface area contributed by atoms with Gasteiger partial charge >= 0.3 is 0 Å². The van der Waals surface area contributed by atoms with Gasteiger partial charge in [-0.25, -0.2) is 0 Å². The van der Waals surface area contributed by atoms with Crippen molar-refractivity contribution >= 4 is 39.1 Å². The van der Waals surface area contributed by atoms with Crippen molar-refractivity contribution in [3.63, 3.8) is 0 Å². The Morgan fingerprint density at radius 3 is 2.76 bits per heavy atom. The molecule has 17 heavy (non-hydrogen) atoms. The summed E-state index contributed by atoms with van der Waals surface area (Å²) in [5, 5.41) is 8.89. The molecule has 2 aromatic rings. The van der Waals surface area contributed by atoms with Gasteiger partial charge in [0.2, 0.25) is 5.28 Å². The van der Waals surface area contributed by atoms with Gasteiger partial charge in [-0.05, 0) is 36.2 Å². The SMILES string of the molecule is CCCc1nnc(Cl)n1-c1cc(Br)ccc1Cl. The fourth-order valence-electron chi connectivity index (χ4n) is 1.58. The summed E-state index contributed by atoms with van der Waals surface area (Å²) in [6.07, 6.45) is 1.78. The molecular formula is C11H10BrCl2N3. The molecule has 0 atom stereocenters. The Hall–Kier alpha value is -0.580. The van der Waals surface area contributed by atoms with Gasteiger partial charge in [-0.15, -0.1) is 10.2 Å². The zero-order valence-electron chi connectivity index (χ0n) is 9.12. The quantitative estimate of drug-likeness (QED) is 0.838. The molecule has 0 unspecified atom stereocenters. The Kier molecular flexibility index (Phi) is 4.07. The molecule has 0 saturated carbocycles. The average Bonchev–Trinajstić information content (AvgIpc) is 2.64. The van der Waals surface area contributed by atoms with Crippen molar-refractivity contribution in [2.24, 2.45) is 0 Å². The van der Waals surface area contributed by atoms with Crippen molar-refractivity contribution in [1.29, 1.82) is 0 Å². The van der Waals surface area contributed by atoms with Gasteiger partial charge in [0.15, 0.2) is 0 Å². The van der Waals surface area contributed by atoms with Crippen molar-refractivity contribution in [3.05, 3.63) is 38.8 Å². The van der Waals surface area contributed by atoms with Crippen LogP contribution in [0.25, 0.3) is 5.69 Å². The summed E-state index contributed by atoms with van der Waals surface area (Å²) in [6, 6.07) is 5.59. The van der Waals surface area contributed by atoms with Gasteiger partial charge in [-0.3, -0.25) is 4.57 Å². The molecule has 2 rings (SSSR count). The molecule has 1 aromatic carbocycles. The van der Waals surface area contributed by atoms with Crippen LogP contribution < -0.4 is 0 Å². The molecule has 90 valence electrons. The second-order valence-corrected chi connectivity index (χ2v) is 5.23. The first-order valence-electron chi connectivity index (χ1n) is 5.18. The van der Waals surface area contributed by atoms with Gasteiger partial charge in [0.25, 0.3) is 0 Å². The maximum Gasteiger partial charge on any atom is 0.229 e. The Morgan fingerprint density at radius 2 is 2.06 bits per heavy atom. The summed E-state index contributed by atoms with van der Waals surface area (Å²) in [6.45, 7) is 2.08. The molecule has 3 nitrogen and oxygen atoms in total. The highest BCUT2D eigenvalue weighted by Crippen LogP contribution is 2.28. The normalized spacial score (nSPS) is 10.8. The lowest BCUT2D eigenvalue weighted by molar-refractivity contribution is 0.803. The number of hydrogen-bond donors (Lipinski definition) is 0. The predicted molar refractivity (Wildman–Crippen MR) is 73.1 cm³/mol. The van der Waals surface area contributed by atoms with Crippen LogP contribution in [0.15, 0.2) is 22.7 Å². The summed E-state index contributed by atoms with van der Waals surface area (Å²) in [4.78, 5) is 0. The highest BCUT2D eigenvalue weighted by atomic mass is 79.9. The van der Waals surface area contributed by atoms with E-state index in [0.717, 1.165) is 28.8 Å². The third-order valence-electron chi connectivity index (χ3n) is 2.31. The monoisotopic (exact) mass is 333 g/mol. The van der Waals surface area contributed by atoms with Gasteiger partial charge in [-0.2, -0.15) is 0 Å². The Balaban J connectivity index is 2.58. The number of nitrogens with zero attached hydrogens (tertiary/aromatic N) is 3. The topological polar surface area (TPSA) is 30.7 Å². The average molecular weight is 335 g/mol. The molecule has 1 heterocycles. The number of benzene rings is 1. The fourth-order valence-corrected chi connectivity index (χ4v) is 2.35. The summed E-state index contributed by atoms with van der Waals surface area (Å²) in [5.74, 6) is 0.817. The third-order valence-corrected chi connectivity index (χ3v) is 3.37. The molecule has 0 amide bonds. The largest absolute Gasteiger partial charge is 0.268 e.